The fraction of sp³-hybridized carbons (Fsp3) is 0.778. The lowest BCUT2D eigenvalue weighted by atomic mass is 9.96. The molecule has 1 amide bonds. The molecule has 24 heavy (non-hydrogen) atoms. The van der Waals surface area contributed by atoms with Crippen LogP contribution in [0.1, 0.15) is 75.8 Å². The van der Waals surface area contributed by atoms with Crippen molar-refractivity contribution in [3.8, 4) is 0 Å². The van der Waals surface area contributed by atoms with E-state index in [2.05, 4.69) is 43.2 Å². The molecule has 0 radical (unpaired) electrons. The van der Waals surface area contributed by atoms with Crippen LogP contribution in [0.25, 0.3) is 0 Å². The van der Waals surface area contributed by atoms with E-state index in [1.165, 1.54) is 0 Å². The van der Waals surface area contributed by atoms with E-state index in [4.69, 9.17) is 4.74 Å². The van der Waals surface area contributed by atoms with E-state index in [-0.39, 0.29) is 29.2 Å². The highest BCUT2D eigenvalue weighted by Gasteiger charge is 2.37. The van der Waals surface area contributed by atoms with Crippen molar-refractivity contribution in [3.05, 3.63) is 17.0 Å². The second-order valence-electron chi connectivity index (χ2n) is 8.63. The van der Waals surface area contributed by atoms with Gasteiger partial charge in [0.2, 0.25) is 0 Å². The summed E-state index contributed by atoms with van der Waals surface area (Å²) in [5.41, 5.74) is 2.43. The third-order valence-corrected chi connectivity index (χ3v) is 4.99. The molecule has 1 aromatic rings. The summed E-state index contributed by atoms with van der Waals surface area (Å²) in [5, 5.41) is 11.0. The molecule has 6 heteroatoms. The number of rotatable bonds is 1. The molecule has 0 bridgehead atoms. The normalized spacial score (nSPS) is 29.0. The molecule has 0 saturated carbocycles. The van der Waals surface area contributed by atoms with Gasteiger partial charge in [0.1, 0.15) is 0 Å². The molecule has 3 rings (SSSR count). The SMILES string of the molecule is C[C@@H]1Cc2c(C(=O)N3CCC(C)(C)NC(C)(C)C3)n[nH]c2[C@H](C)O1. The molecule has 1 aromatic heterocycles. The number of hydrogen-bond donors (Lipinski definition) is 2. The number of H-pyrrole nitrogens is 1. The van der Waals surface area contributed by atoms with Crippen molar-refractivity contribution in [3.63, 3.8) is 0 Å². The van der Waals surface area contributed by atoms with Gasteiger partial charge in [-0.25, -0.2) is 0 Å². The molecule has 0 aromatic carbocycles. The Morgan fingerprint density at radius 2 is 1.96 bits per heavy atom. The van der Waals surface area contributed by atoms with Gasteiger partial charge in [-0.3, -0.25) is 9.89 Å². The number of fused-ring (bicyclic) bond motifs is 1. The van der Waals surface area contributed by atoms with Crippen LogP contribution in [0.3, 0.4) is 0 Å². The van der Waals surface area contributed by atoms with Gasteiger partial charge in [0, 0.05) is 36.2 Å². The highest BCUT2D eigenvalue weighted by molar-refractivity contribution is 5.94. The van der Waals surface area contributed by atoms with E-state index in [1.807, 2.05) is 18.7 Å². The molecule has 6 nitrogen and oxygen atoms in total. The van der Waals surface area contributed by atoms with Crippen LogP contribution < -0.4 is 5.32 Å². The van der Waals surface area contributed by atoms with Gasteiger partial charge in [-0.2, -0.15) is 5.10 Å². The van der Waals surface area contributed by atoms with Crippen LogP contribution in [0.2, 0.25) is 0 Å². The number of carbonyl (C=O) groups excluding carboxylic acids is 1. The van der Waals surface area contributed by atoms with Crippen LogP contribution in [0.5, 0.6) is 0 Å². The van der Waals surface area contributed by atoms with E-state index in [0.29, 0.717) is 12.2 Å². The maximum atomic E-state index is 13.2. The van der Waals surface area contributed by atoms with Crippen LogP contribution in [0, 0.1) is 0 Å². The van der Waals surface area contributed by atoms with Gasteiger partial charge in [0.25, 0.3) is 5.91 Å². The fourth-order valence-corrected chi connectivity index (χ4v) is 4.16. The van der Waals surface area contributed by atoms with Crippen molar-refractivity contribution in [2.75, 3.05) is 13.1 Å². The lowest BCUT2D eigenvalue weighted by Crippen LogP contribution is -2.54. The Hall–Kier alpha value is -1.40. The lowest BCUT2D eigenvalue weighted by molar-refractivity contribution is -0.00702. The standard InChI is InChI=1S/C18H30N4O2/c1-11-9-13-14(12(2)24-11)19-20-15(13)16(23)22-8-7-17(3,4)21-18(5,6)10-22/h11-12,21H,7-10H2,1-6H3,(H,19,20)/t11-,12+/m1/s1. The van der Waals surface area contributed by atoms with E-state index in [1.54, 1.807) is 0 Å². The Balaban J connectivity index is 1.87. The molecule has 134 valence electrons. The molecule has 0 aliphatic carbocycles. The van der Waals surface area contributed by atoms with Crippen molar-refractivity contribution < 1.29 is 9.53 Å². The average Bonchev–Trinajstić information content (AvgIpc) is 2.80. The number of carbonyl (C=O) groups is 1. The zero-order valence-corrected chi connectivity index (χ0v) is 15.7. The Kier molecular flexibility index (Phi) is 4.24. The summed E-state index contributed by atoms with van der Waals surface area (Å²) in [6.45, 7) is 14.2. The molecule has 2 aliphatic heterocycles. The van der Waals surface area contributed by atoms with Crippen LogP contribution in [-0.2, 0) is 11.2 Å². The number of hydrogen-bond acceptors (Lipinski definition) is 4. The molecule has 2 N–H and O–H groups in total. The van der Waals surface area contributed by atoms with Crippen molar-refractivity contribution in [1.29, 1.82) is 0 Å². The predicted octanol–water partition coefficient (Wildman–Crippen LogP) is 2.42. The molecule has 1 saturated heterocycles. The average molecular weight is 334 g/mol. The third-order valence-electron chi connectivity index (χ3n) is 4.99. The number of amides is 1. The Morgan fingerprint density at radius 3 is 2.67 bits per heavy atom. The number of ether oxygens (including phenoxy) is 1. The molecular weight excluding hydrogens is 304 g/mol. The molecular formula is C18H30N4O2. The maximum absolute atomic E-state index is 13.2. The first kappa shape index (κ1) is 17.4. The van der Waals surface area contributed by atoms with Crippen LogP contribution in [0.15, 0.2) is 0 Å². The highest BCUT2D eigenvalue weighted by atomic mass is 16.5. The number of aromatic nitrogens is 2. The lowest BCUT2D eigenvalue weighted by Gasteiger charge is -2.34. The smallest absolute Gasteiger partial charge is 0.274 e. The van der Waals surface area contributed by atoms with Gasteiger partial charge in [-0.05, 0) is 48.0 Å². The second-order valence-corrected chi connectivity index (χ2v) is 8.63. The van der Waals surface area contributed by atoms with Gasteiger partial charge < -0.3 is 15.0 Å². The first-order valence-corrected chi connectivity index (χ1v) is 8.89. The van der Waals surface area contributed by atoms with Gasteiger partial charge >= 0.3 is 0 Å². The minimum Gasteiger partial charge on any atom is -0.369 e. The van der Waals surface area contributed by atoms with Crippen molar-refractivity contribution in [2.45, 2.75) is 77.7 Å². The Bertz CT molecular complexity index is 635. The molecule has 1 fully saturated rings. The highest BCUT2D eigenvalue weighted by Crippen LogP contribution is 2.31. The second kappa shape index (κ2) is 5.85. The third kappa shape index (κ3) is 3.35. The van der Waals surface area contributed by atoms with E-state index in [9.17, 15) is 4.79 Å². The van der Waals surface area contributed by atoms with Crippen molar-refractivity contribution in [1.82, 2.24) is 20.4 Å². The first-order chi connectivity index (χ1) is 11.1. The Labute approximate surface area is 144 Å². The van der Waals surface area contributed by atoms with Crippen LogP contribution >= 0.6 is 0 Å². The van der Waals surface area contributed by atoms with Gasteiger partial charge in [0.05, 0.1) is 17.9 Å². The van der Waals surface area contributed by atoms with Gasteiger partial charge in [-0.15, -0.1) is 0 Å². The quantitative estimate of drug-likeness (QED) is 0.827. The van der Waals surface area contributed by atoms with E-state index >= 15 is 0 Å². The summed E-state index contributed by atoms with van der Waals surface area (Å²) < 4.78 is 5.83. The topological polar surface area (TPSA) is 70.2 Å². The minimum atomic E-state index is -0.129. The van der Waals surface area contributed by atoms with Crippen molar-refractivity contribution in [2.24, 2.45) is 0 Å². The van der Waals surface area contributed by atoms with Gasteiger partial charge in [0.15, 0.2) is 5.69 Å². The molecule has 2 aliphatic rings. The fourth-order valence-electron chi connectivity index (χ4n) is 4.16. The largest absolute Gasteiger partial charge is 0.369 e. The summed E-state index contributed by atoms with van der Waals surface area (Å²) in [6, 6.07) is 0. The number of nitrogens with one attached hydrogen (secondary N) is 2. The molecule has 2 atom stereocenters. The minimum absolute atomic E-state index is 0.0143. The predicted molar refractivity (Wildman–Crippen MR) is 93.1 cm³/mol. The Morgan fingerprint density at radius 1 is 1.25 bits per heavy atom. The number of aromatic amines is 1. The van der Waals surface area contributed by atoms with Gasteiger partial charge in [-0.1, -0.05) is 0 Å². The zero-order valence-electron chi connectivity index (χ0n) is 15.7. The maximum Gasteiger partial charge on any atom is 0.274 e. The summed E-state index contributed by atoms with van der Waals surface area (Å²) in [6.07, 6.45) is 1.72. The summed E-state index contributed by atoms with van der Waals surface area (Å²) in [4.78, 5) is 15.1. The zero-order chi connectivity index (χ0) is 17.7. The van der Waals surface area contributed by atoms with Crippen molar-refractivity contribution >= 4 is 5.91 Å². The summed E-state index contributed by atoms with van der Waals surface area (Å²) >= 11 is 0. The molecule has 0 unspecified atom stereocenters. The monoisotopic (exact) mass is 334 g/mol. The van der Waals surface area contributed by atoms with Crippen LogP contribution in [-0.4, -0.2) is 51.3 Å². The molecule has 0 spiro atoms. The van der Waals surface area contributed by atoms with E-state index < -0.39 is 0 Å². The molecule has 3 heterocycles. The summed E-state index contributed by atoms with van der Waals surface area (Å²) in [5.74, 6) is 0.0291. The summed E-state index contributed by atoms with van der Waals surface area (Å²) in [7, 11) is 0. The first-order valence-electron chi connectivity index (χ1n) is 8.89. The van der Waals surface area contributed by atoms with Crippen LogP contribution in [0.4, 0.5) is 0 Å². The van der Waals surface area contributed by atoms with E-state index in [0.717, 1.165) is 30.6 Å². The number of nitrogens with zero attached hydrogens (tertiary/aromatic N) is 2.